The monoisotopic (exact) mass is 562 g/mol. The highest BCUT2D eigenvalue weighted by molar-refractivity contribution is 5.62. The fourth-order valence-electron chi connectivity index (χ4n) is 13.4. The van der Waals surface area contributed by atoms with Crippen molar-refractivity contribution >= 4 is 0 Å². The largest absolute Gasteiger partial charge is 0.493 e. The summed E-state index contributed by atoms with van der Waals surface area (Å²) in [7, 11) is 3.76. The van der Waals surface area contributed by atoms with Crippen molar-refractivity contribution in [3.8, 4) is 11.5 Å². The number of rotatable bonds is 5. The van der Waals surface area contributed by atoms with Gasteiger partial charge in [-0.2, -0.15) is 0 Å². The van der Waals surface area contributed by atoms with E-state index in [1.807, 2.05) is 7.11 Å². The first kappa shape index (κ1) is 27.3. The first-order chi connectivity index (χ1) is 19.2. The van der Waals surface area contributed by atoms with E-state index >= 15 is 0 Å². The predicted molar refractivity (Wildman–Crippen MR) is 161 cm³/mol. The molecule has 1 spiro atoms. The van der Waals surface area contributed by atoms with E-state index < -0.39 is 11.2 Å². The van der Waals surface area contributed by atoms with Crippen LogP contribution in [0.25, 0.3) is 0 Å². The molecule has 1 aliphatic heterocycles. The van der Waals surface area contributed by atoms with Crippen molar-refractivity contribution in [2.24, 2.45) is 57.7 Å². The zero-order valence-corrected chi connectivity index (χ0v) is 27.1. The first-order valence-corrected chi connectivity index (χ1v) is 16.9. The Morgan fingerprint density at radius 2 is 1.76 bits per heavy atom. The Bertz CT molecular complexity index is 1290. The minimum atomic E-state index is -0.822. The van der Waals surface area contributed by atoms with Crippen molar-refractivity contribution in [2.75, 3.05) is 14.2 Å². The highest BCUT2D eigenvalue weighted by atomic mass is 16.6. The Balaban J connectivity index is 1.46. The van der Waals surface area contributed by atoms with Gasteiger partial charge in [-0.25, -0.2) is 0 Å². The van der Waals surface area contributed by atoms with E-state index in [-0.39, 0.29) is 39.6 Å². The van der Waals surface area contributed by atoms with Crippen molar-refractivity contribution < 1.29 is 19.3 Å². The van der Waals surface area contributed by atoms with Crippen LogP contribution in [0.15, 0.2) is 12.1 Å². The fourth-order valence-corrected chi connectivity index (χ4v) is 13.4. The lowest BCUT2D eigenvalue weighted by Gasteiger charge is -2.62. The number of aliphatic hydroxyl groups is 1. The van der Waals surface area contributed by atoms with Crippen molar-refractivity contribution in [3.63, 3.8) is 0 Å². The molecule has 0 amide bonds. The second kappa shape index (κ2) is 7.87. The van der Waals surface area contributed by atoms with Gasteiger partial charge in [0.15, 0.2) is 11.5 Å². The van der Waals surface area contributed by atoms with Crippen LogP contribution >= 0.6 is 0 Å². The van der Waals surface area contributed by atoms with Gasteiger partial charge < -0.3 is 19.3 Å². The molecule has 0 saturated heterocycles. The average Bonchev–Trinajstić information content (AvgIpc) is 3.63. The van der Waals surface area contributed by atoms with Gasteiger partial charge in [-0.15, -0.1) is 0 Å². The summed E-state index contributed by atoms with van der Waals surface area (Å²) in [4.78, 5) is 0. The minimum Gasteiger partial charge on any atom is -0.493 e. The molecule has 226 valence electrons. The molecule has 6 aliphatic carbocycles. The first-order valence-electron chi connectivity index (χ1n) is 16.9. The van der Waals surface area contributed by atoms with Crippen LogP contribution in [0.5, 0.6) is 11.5 Å². The molecule has 41 heavy (non-hydrogen) atoms. The summed E-state index contributed by atoms with van der Waals surface area (Å²) in [5.74, 6) is 5.55. The highest BCUT2D eigenvalue weighted by Crippen LogP contribution is 2.84. The minimum absolute atomic E-state index is 0.0540. The van der Waals surface area contributed by atoms with Crippen LogP contribution in [-0.4, -0.2) is 36.6 Å². The standard InChI is InChI=1S/C37H54O4/c1-20-28(35(7,38)32(2,3)4)24-18-33(5)34(6)25-17-23-12-13-27(39-8)30-29(23)36(33,15-14-22(25)16-21-10-11-21)31(41-30)37(20,40-9)19-26(24)34/h12-13,20-22,24-26,28,31,38H,10-11,14-19H2,1-9H3. The van der Waals surface area contributed by atoms with E-state index in [1.54, 1.807) is 7.11 Å². The lowest BCUT2D eigenvalue weighted by Crippen LogP contribution is -2.70. The molecule has 6 bridgehead atoms. The molecule has 8 rings (SSSR count). The van der Waals surface area contributed by atoms with Gasteiger partial charge in [-0.05, 0) is 115 Å². The van der Waals surface area contributed by atoms with Gasteiger partial charge in [0.05, 0.1) is 12.7 Å². The zero-order chi connectivity index (χ0) is 29.1. The summed E-state index contributed by atoms with van der Waals surface area (Å²) in [6, 6.07) is 4.59. The number of fused-ring (bicyclic) bond motifs is 2. The lowest BCUT2D eigenvalue weighted by atomic mass is 9.45. The molecule has 0 aromatic heterocycles. The normalized spacial score (nSPS) is 50.1. The summed E-state index contributed by atoms with van der Waals surface area (Å²) in [6.07, 6.45) is 10.1. The van der Waals surface area contributed by atoms with E-state index in [1.165, 1.54) is 49.7 Å². The van der Waals surface area contributed by atoms with Gasteiger partial charge in [0, 0.05) is 18.1 Å². The molecule has 4 heteroatoms. The molecule has 7 aliphatic rings. The number of ether oxygens (including phenoxy) is 3. The van der Waals surface area contributed by atoms with Crippen LogP contribution < -0.4 is 9.47 Å². The topological polar surface area (TPSA) is 47.9 Å². The van der Waals surface area contributed by atoms with Crippen LogP contribution in [0.4, 0.5) is 0 Å². The van der Waals surface area contributed by atoms with Gasteiger partial charge >= 0.3 is 0 Å². The predicted octanol–water partition coefficient (Wildman–Crippen LogP) is 7.58. The summed E-state index contributed by atoms with van der Waals surface area (Å²) in [5.41, 5.74) is 1.58. The second-order valence-corrected chi connectivity index (χ2v) is 17.6. The zero-order valence-electron chi connectivity index (χ0n) is 27.1. The van der Waals surface area contributed by atoms with Crippen molar-refractivity contribution in [1.29, 1.82) is 0 Å². The quantitative estimate of drug-likeness (QED) is 0.402. The molecule has 1 aromatic carbocycles. The van der Waals surface area contributed by atoms with E-state index in [4.69, 9.17) is 14.2 Å². The molecule has 5 saturated carbocycles. The van der Waals surface area contributed by atoms with Gasteiger partial charge in [-0.1, -0.05) is 60.5 Å². The lowest BCUT2D eigenvalue weighted by molar-refractivity contribution is -0.244. The number of benzene rings is 1. The molecule has 12 atom stereocenters. The maximum Gasteiger partial charge on any atom is 0.165 e. The number of methoxy groups -OCH3 is 2. The van der Waals surface area contributed by atoms with E-state index in [9.17, 15) is 5.11 Å². The van der Waals surface area contributed by atoms with Crippen molar-refractivity contribution in [3.05, 3.63) is 23.3 Å². The Hall–Kier alpha value is -1.26. The third-order valence-corrected chi connectivity index (χ3v) is 16.0. The average molecular weight is 563 g/mol. The molecular weight excluding hydrogens is 508 g/mol. The Morgan fingerprint density at radius 3 is 2.39 bits per heavy atom. The maximum atomic E-state index is 12.6. The molecule has 12 unspecified atom stereocenters. The molecule has 0 radical (unpaired) electrons. The van der Waals surface area contributed by atoms with Crippen molar-refractivity contribution in [1.82, 2.24) is 0 Å². The van der Waals surface area contributed by atoms with E-state index in [2.05, 4.69) is 60.6 Å². The van der Waals surface area contributed by atoms with E-state index in [0.29, 0.717) is 17.8 Å². The summed E-state index contributed by atoms with van der Waals surface area (Å²) < 4.78 is 20.5. The summed E-state index contributed by atoms with van der Waals surface area (Å²) in [6.45, 7) is 16.7. The molecule has 1 heterocycles. The molecule has 5 fully saturated rings. The van der Waals surface area contributed by atoms with Gasteiger partial charge in [0.2, 0.25) is 0 Å². The van der Waals surface area contributed by atoms with Crippen LogP contribution in [-0.2, 0) is 16.6 Å². The summed E-state index contributed by atoms with van der Waals surface area (Å²) in [5, 5.41) is 12.6. The van der Waals surface area contributed by atoms with Gasteiger partial charge in [-0.3, -0.25) is 0 Å². The van der Waals surface area contributed by atoms with E-state index in [0.717, 1.165) is 36.2 Å². The molecular formula is C37H54O4. The summed E-state index contributed by atoms with van der Waals surface area (Å²) >= 11 is 0. The Morgan fingerprint density at radius 1 is 1.02 bits per heavy atom. The molecule has 1 aromatic rings. The maximum absolute atomic E-state index is 12.6. The van der Waals surface area contributed by atoms with Crippen LogP contribution in [0.2, 0.25) is 0 Å². The molecule has 4 nitrogen and oxygen atoms in total. The Labute approximate surface area is 248 Å². The fraction of sp³-hybridized carbons (Fsp3) is 0.838. The third kappa shape index (κ3) is 2.80. The molecule has 1 N–H and O–H groups in total. The van der Waals surface area contributed by atoms with Crippen LogP contribution in [0.1, 0.15) is 105 Å². The van der Waals surface area contributed by atoms with Crippen LogP contribution in [0.3, 0.4) is 0 Å². The van der Waals surface area contributed by atoms with Crippen molar-refractivity contribution in [2.45, 2.75) is 123 Å². The highest BCUT2D eigenvalue weighted by Gasteiger charge is 2.84. The number of hydrogen-bond donors (Lipinski definition) is 1. The van der Waals surface area contributed by atoms with Gasteiger partial charge in [0.1, 0.15) is 11.7 Å². The van der Waals surface area contributed by atoms with Gasteiger partial charge in [0.25, 0.3) is 0 Å². The van der Waals surface area contributed by atoms with Crippen LogP contribution in [0, 0.1) is 57.7 Å². The smallest absolute Gasteiger partial charge is 0.165 e. The SMILES string of the molecule is COc1ccc2c3c1OC1C4(OC)CC5C(CC6(C)C31CCC(CC1CC1)C(C2)C56C)C(C(C)(O)C(C)(C)C)C4C. The Kier molecular flexibility index (Phi) is 5.24. The number of hydrogen-bond acceptors (Lipinski definition) is 4. The second-order valence-electron chi connectivity index (χ2n) is 17.6. The third-order valence-electron chi connectivity index (χ3n) is 16.0.